The normalized spacial score (nSPS) is 14.2. The van der Waals surface area contributed by atoms with Crippen molar-refractivity contribution in [1.29, 1.82) is 0 Å². The fraction of sp³-hybridized carbons (Fsp3) is 0.917. The van der Waals surface area contributed by atoms with Gasteiger partial charge in [0, 0.05) is 6.42 Å². The van der Waals surface area contributed by atoms with Crippen LogP contribution in [-0.2, 0) is 4.79 Å². The Bertz CT molecular complexity index is 138. The van der Waals surface area contributed by atoms with E-state index < -0.39 is 0 Å². The van der Waals surface area contributed by atoms with Gasteiger partial charge in [0.15, 0.2) is 0 Å². The van der Waals surface area contributed by atoms with Crippen molar-refractivity contribution in [2.75, 3.05) is 0 Å². The first-order valence-corrected chi connectivity index (χ1v) is 5.45. The summed E-state index contributed by atoms with van der Waals surface area (Å²) in [5.74, 6) is 0.574. The van der Waals surface area contributed by atoms with Gasteiger partial charge >= 0.3 is 0 Å². The van der Waals surface area contributed by atoms with Crippen LogP contribution in [0.1, 0.15) is 59.8 Å². The average Bonchev–Trinajstić information content (AvgIpc) is 2.05. The summed E-state index contributed by atoms with van der Waals surface area (Å²) in [4.78, 5) is 10.2. The Labute approximate surface area is 82.9 Å². The molecule has 0 rings (SSSR count). The first-order valence-electron chi connectivity index (χ1n) is 5.45. The molecule has 13 heavy (non-hydrogen) atoms. The first kappa shape index (κ1) is 12.7. The molecule has 0 aliphatic carbocycles. The van der Waals surface area contributed by atoms with Crippen LogP contribution >= 0.6 is 0 Å². The largest absolute Gasteiger partial charge is 0.303 e. The lowest BCUT2D eigenvalue weighted by molar-refractivity contribution is -0.108. The van der Waals surface area contributed by atoms with Crippen LogP contribution in [0.4, 0.5) is 0 Å². The van der Waals surface area contributed by atoms with Gasteiger partial charge < -0.3 is 4.79 Å². The molecule has 0 fully saturated rings. The number of carbonyl (C=O) groups excluding carboxylic acids is 1. The summed E-state index contributed by atoms with van der Waals surface area (Å²) in [6.07, 6.45) is 6.75. The van der Waals surface area contributed by atoms with Crippen LogP contribution in [0.2, 0.25) is 0 Å². The van der Waals surface area contributed by atoms with Gasteiger partial charge in [0.1, 0.15) is 6.29 Å². The first-order chi connectivity index (χ1) is 6.02. The molecule has 0 saturated heterocycles. The standard InChI is InChI=1S/C12H24O/c1-5-12(3,4)9-6-7-11(2)8-10-13/h10-11H,5-9H2,1-4H3. The quantitative estimate of drug-likeness (QED) is 0.550. The van der Waals surface area contributed by atoms with Crippen molar-refractivity contribution in [3.63, 3.8) is 0 Å². The molecule has 0 spiro atoms. The van der Waals surface area contributed by atoms with Gasteiger partial charge in [-0.3, -0.25) is 0 Å². The Morgan fingerprint density at radius 2 is 2.00 bits per heavy atom. The van der Waals surface area contributed by atoms with Crippen LogP contribution in [0, 0.1) is 11.3 Å². The second kappa shape index (κ2) is 6.17. The molecule has 0 aromatic heterocycles. The summed E-state index contributed by atoms with van der Waals surface area (Å²) >= 11 is 0. The predicted molar refractivity (Wildman–Crippen MR) is 57.8 cm³/mol. The molecule has 1 nitrogen and oxygen atoms in total. The van der Waals surface area contributed by atoms with Gasteiger partial charge in [0.2, 0.25) is 0 Å². The molecule has 0 saturated carbocycles. The van der Waals surface area contributed by atoms with Crippen molar-refractivity contribution in [2.45, 2.75) is 59.8 Å². The molecule has 0 bridgehead atoms. The Balaban J connectivity index is 3.49. The number of rotatable bonds is 7. The lowest BCUT2D eigenvalue weighted by atomic mass is 9.83. The van der Waals surface area contributed by atoms with Gasteiger partial charge in [-0.05, 0) is 17.8 Å². The highest BCUT2D eigenvalue weighted by Crippen LogP contribution is 2.27. The molecule has 78 valence electrons. The van der Waals surface area contributed by atoms with Crippen LogP contribution in [0.3, 0.4) is 0 Å². The Morgan fingerprint density at radius 3 is 2.46 bits per heavy atom. The summed E-state index contributed by atoms with van der Waals surface area (Å²) in [7, 11) is 0. The number of carbonyl (C=O) groups is 1. The van der Waals surface area contributed by atoms with E-state index in [1.165, 1.54) is 25.7 Å². The van der Waals surface area contributed by atoms with E-state index in [1.54, 1.807) is 0 Å². The van der Waals surface area contributed by atoms with Gasteiger partial charge in [-0.15, -0.1) is 0 Å². The van der Waals surface area contributed by atoms with E-state index in [0.717, 1.165) is 12.7 Å². The smallest absolute Gasteiger partial charge is 0.120 e. The van der Waals surface area contributed by atoms with E-state index in [0.29, 0.717) is 11.3 Å². The zero-order valence-corrected chi connectivity index (χ0v) is 9.60. The van der Waals surface area contributed by atoms with E-state index in [1.807, 2.05) is 0 Å². The number of hydrogen-bond donors (Lipinski definition) is 0. The topological polar surface area (TPSA) is 17.1 Å². The molecule has 0 aliphatic heterocycles. The van der Waals surface area contributed by atoms with Crippen molar-refractivity contribution in [3.05, 3.63) is 0 Å². The van der Waals surface area contributed by atoms with Gasteiger partial charge in [-0.1, -0.05) is 47.0 Å². The molecule has 0 aromatic carbocycles. The van der Waals surface area contributed by atoms with Gasteiger partial charge in [-0.25, -0.2) is 0 Å². The second-order valence-electron chi connectivity index (χ2n) is 4.92. The zero-order chi connectivity index (χ0) is 10.3. The third-order valence-corrected chi connectivity index (χ3v) is 3.01. The van der Waals surface area contributed by atoms with Crippen LogP contribution in [0.5, 0.6) is 0 Å². The van der Waals surface area contributed by atoms with Crippen LogP contribution in [-0.4, -0.2) is 6.29 Å². The Kier molecular flexibility index (Phi) is 6.02. The Morgan fingerprint density at radius 1 is 1.38 bits per heavy atom. The van der Waals surface area contributed by atoms with Crippen molar-refractivity contribution >= 4 is 6.29 Å². The molecular weight excluding hydrogens is 160 g/mol. The molecule has 0 amide bonds. The summed E-state index contributed by atoms with van der Waals surface area (Å²) in [5.41, 5.74) is 0.487. The van der Waals surface area contributed by atoms with Gasteiger partial charge in [0.05, 0.1) is 0 Å². The maximum absolute atomic E-state index is 10.2. The Hall–Kier alpha value is -0.330. The highest BCUT2D eigenvalue weighted by Gasteiger charge is 2.14. The minimum Gasteiger partial charge on any atom is -0.303 e. The van der Waals surface area contributed by atoms with Crippen molar-refractivity contribution in [2.24, 2.45) is 11.3 Å². The lowest BCUT2D eigenvalue weighted by Gasteiger charge is -2.22. The minimum atomic E-state index is 0.487. The molecule has 0 heterocycles. The van der Waals surface area contributed by atoms with Crippen molar-refractivity contribution < 1.29 is 4.79 Å². The molecule has 0 aromatic rings. The molecule has 0 N–H and O–H groups in total. The highest BCUT2D eigenvalue weighted by atomic mass is 16.1. The molecule has 1 atom stereocenters. The van der Waals surface area contributed by atoms with Crippen molar-refractivity contribution in [3.8, 4) is 0 Å². The molecule has 1 heteroatoms. The summed E-state index contributed by atoms with van der Waals surface area (Å²) in [5, 5.41) is 0. The highest BCUT2D eigenvalue weighted by molar-refractivity contribution is 5.49. The SMILES string of the molecule is CCC(C)(C)CCCC(C)CC=O. The molecule has 0 radical (unpaired) electrons. The van der Waals surface area contributed by atoms with E-state index >= 15 is 0 Å². The fourth-order valence-corrected chi connectivity index (χ4v) is 1.39. The maximum atomic E-state index is 10.2. The van der Waals surface area contributed by atoms with E-state index in [-0.39, 0.29) is 0 Å². The van der Waals surface area contributed by atoms with Crippen LogP contribution in [0.15, 0.2) is 0 Å². The minimum absolute atomic E-state index is 0.487. The van der Waals surface area contributed by atoms with Crippen LogP contribution < -0.4 is 0 Å². The zero-order valence-electron chi connectivity index (χ0n) is 9.60. The molecule has 0 aliphatic rings. The molecule has 1 unspecified atom stereocenters. The van der Waals surface area contributed by atoms with E-state index in [9.17, 15) is 4.79 Å². The van der Waals surface area contributed by atoms with Crippen molar-refractivity contribution in [1.82, 2.24) is 0 Å². The third-order valence-electron chi connectivity index (χ3n) is 3.01. The lowest BCUT2D eigenvalue weighted by Crippen LogP contribution is -2.09. The van der Waals surface area contributed by atoms with Crippen LogP contribution in [0.25, 0.3) is 0 Å². The average molecular weight is 184 g/mol. The predicted octanol–water partition coefficient (Wildman–Crippen LogP) is 3.82. The molecular formula is C12H24O. The summed E-state index contributed by atoms with van der Waals surface area (Å²) < 4.78 is 0. The number of aldehydes is 1. The van der Waals surface area contributed by atoms with Gasteiger partial charge in [-0.2, -0.15) is 0 Å². The number of hydrogen-bond acceptors (Lipinski definition) is 1. The van der Waals surface area contributed by atoms with Gasteiger partial charge in [0.25, 0.3) is 0 Å². The second-order valence-corrected chi connectivity index (χ2v) is 4.92. The van der Waals surface area contributed by atoms with E-state index in [4.69, 9.17) is 0 Å². The maximum Gasteiger partial charge on any atom is 0.120 e. The fourth-order valence-electron chi connectivity index (χ4n) is 1.39. The van der Waals surface area contributed by atoms with E-state index in [2.05, 4.69) is 27.7 Å². The summed E-state index contributed by atoms with van der Waals surface area (Å²) in [6.45, 7) is 9.04. The third kappa shape index (κ3) is 6.80. The monoisotopic (exact) mass is 184 g/mol. The summed E-state index contributed by atoms with van der Waals surface area (Å²) in [6, 6.07) is 0.